The molecule has 7 atom stereocenters. The largest absolute Gasteiger partial charge is 0.452 e. The van der Waals surface area contributed by atoms with Gasteiger partial charge in [0.05, 0.1) is 43.3 Å². The van der Waals surface area contributed by atoms with Crippen molar-refractivity contribution in [3.05, 3.63) is 103 Å². The van der Waals surface area contributed by atoms with Gasteiger partial charge >= 0.3 is 30.0 Å². The average molecular weight is 1030 g/mol. The molecule has 3 heterocycles. The van der Waals surface area contributed by atoms with Crippen LogP contribution in [0.25, 0.3) is 0 Å². The second kappa shape index (κ2) is 21.6. The third kappa shape index (κ3) is 14.5. The summed E-state index contributed by atoms with van der Waals surface area (Å²) in [6.07, 6.45) is -13.8. The summed E-state index contributed by atoms with van der Waals surface area (Å²) in [6, 6.07) is 13.5. The van der Waals surface area contributed by atoms with Crippen LogP contribution in [0.2, 0.25) is 5.02 Å². The summed E-state index contributed by atoms with van der Waals surface area (Å²) in [6.45, 7) is 1.14. The van der Waals surface area contributed by atoms with Gasteiger partial charge in [0.25, 0.3) is 31.7 Å². The molecule has 0 aliphatic carbocycles. The SMILES string of the molecule is Cc1cn([C@H]2C[C@H](O)[C@@H](CO[C@@H]3OC(COS(C)(=O)=O)(COS(C)(=O)=O)[C@@H](OCc4ccc(Cl)cc4)[C@H]3CNC(=O)C(=O)OC(OC(C)(C)C)C(F)(F)F)O2)c(=O)n(C(=O)c2ccccc2)c1=O. The highest BCUT2D eigenvalue weighted by Crippen LogP contribution is 2.41. The molecule has 3 aromatic rings. The highest BCUT2D eigenvalue weighted by atomic mass is 35.5. The van der Waals surface area contributed by atoms with Crippen LogP contribution in [-0.2, 0) is 73.2 Å². The van der Waals surface area contributed by atoms with Crippen molar-refractivity contribution in [3.63, 3.8) is 0 Å². The number of nitrogens with zero attached hydrogens (tertiary/aromatic N) is 2. The summed E-state index contributed by atoms with van der Waals surface area (Å²) in [4.78, 5) is 66.1. The molecule has 2 aliphatic heterocycles. The van der Waals surface area contributed by atoms with Crippen molar-refractivity contribution < 1.29 is 86.3 Å². The summed E-state index contributed by atoms with van der Waals surface area (Å²) < 4.78 is 136. The molecule has 0 radical (unpaired) electrons. The highest BCUT2D eigenvalue weighted by Gasteiger charge is 2.59. The molecule has 2 aliphatic rings. The van der Waals surface area contributed by atoms with Gasteiger partial charge in [-0.05, 0) is 57.5 Å². The fraction of sp³-hybridized carbons (Fsp3) is 0.537. The Labute approximate surface area is 392 Å². The van der Waals surface area contributed by atoms with E-state index in [0.717, 1.165) is 10.8 Å². The Morgan fingerprint density at radius 1 is 0.956 bits per heavy atom. The molecule has 376 valence electrons. The van der Waals surface area contributed by atoms with Crippen molar-refractivity contribution in [2.24, 2.45) is 5.92 Å². The Balaban J connectivity index is 1.49. The Morgan fingerprint density at radius 3 is 2.12 bits per heavy atom. The molecule has 1 unspecified atom stereocenters. The van der Waals surface area contributed by atoms with Crippen LogP contribution in [0, 0.1) is 12.8 Å². The van der Waals surface area contributed by atoms with Crippen LogP contribution in [0.5, 0.6) is 0 Å². The molecule has 2 saturated heterocycles. The number of nitrogens with one attached hydrogen (secondary N) is 1. The first-order valence-corrected chi connectivity index (χ1v) is 24.3. The van der Waals surface area contributed by atoms with Crippen molar-refractivity contribution >= 4 is 49.6 Å². The standard InChI is InChI=1S/C41H49ClF3N3O18S2/c1-23-18-47(38(54)48(33(23)51)34(52)25-10-8-7-9-11-25)30-16-28(49)29(63-30)20-60-36-27(17-46-32(50)35(53)64-37(41(43,44)45)66-39(2,3)4)31(59-19-24-12-14-26(42)15-13-24)40(65-36,21-61-67(5,55)56)22-62-68(6,57)58/h7-15,18,27-31,36-37,49H,16-17,19-22H2,1-6H3,(H,46,50)/t27-,28+,29-,30-,31+,36-,37?/m1/s1. The number of alkyl halides is 3. The van der Waals surface area contributed by atoms with E-state index in [9.17, 15) is 59.1 Å². The maximum atomic E-state index is 13.8. The van der Waals surface area contributed by atoms with Gasteiger partial charge in [-0.25, -0.2) is 9.59 Å². The average Bonchev–Trinajstić information content (AvgIpc) is 3.76. The first-order chi connectivity index (χ1) is 31.5. The van der Waals surface area contributed by atoms with Crippen LogP contribution in [0.15, 0.2) is 70.4 Å². The number of carbonyl (C=O) groups excluding carboxylic acids is 3. The van der Waals surface area contributed by atoms with Crippen molar-refractivity contribution in [1.82, 2.24) is 14.5 Å². The van der Waals surface area contributed by atoms with Gasteiger partial charge in [-0.15, -0.1) is 0 Å². The zero-order chi connectivity index (χ0) is 50.6. The molecule has 0 saturated carbocycles. The van der Waals surface area contributed by atoms with Gasteiger partial charge in [-0.1, -0.05) is 41.9 Å². The molecule has 5 rings (SSSR count). The number of aliphatic hydroxyl groups excluding tert-OH is 1. The zero-order valence-electron chi connectivity index (χ0n) is 37.2. The van der Waals surface area contributed by atoms with Gasteiger partial charge in [-0.3, -0.25) is 27.3 Å². The molecular formula is C41H49ClF3N3O18S2. The van der Waals surface area contributed by atoms with E-state index in [1.54, 1.807) is 6.07 Å². The van der Waals surface area contributed by atoms with Crippen LogP contribution in [0.4, 0.5) is 13.2 Å². The van der Waals surface area contributed by atoms with Crippen LogP contribution >= 0.6 is 11.6 Å². The molecule has 68 heavy (non-hydrogen) atoms. The number of ether oxygens (including phenoxy) is 6. The van der Waals surface area contributed by atoms with Crippen LogP contribution < -0.4 is 16.6 Å². The van der Waals surface area contributed by atoms with Crippen molar-refractivity contribution in [1.29, 1.82) is 0 Å². The molecule has 2 fully saturated rings. The minimum absolute atomic E-state index is 0.0251. The van der Waals surface area contributed by atoms with E-state index >= 15 is 0 Å². The van der Waals surface area contributed by atoms with Gasteiger partial charge in [0, 0.05) is 35.3 Å². The van der Waals surface area contributed by atoms with E-state index in [0.29, 0.717) is 27.7 Å². The van der Waals surface area contributed by atoms with Gasteiger partial charge in [0.15, 0.2) is 6.29 Å². The topological polar surface area (TPSA) is 270 Å². The van der Waals surface area contributed by atoms with Gasteiger partial charge in [0.2, 0.25) is 0 Å². The molecule has 2 N–H and O–H groups in total. The number of aliphatic hydroxyl groups is 1. The summed E-state index contributed by atoms with van der Waals surface area (Å²) >= 11 is 6.04. The number of esters is 1. The molecule has 27 heteroatoms. The van der Waals surface area contributed by atoms with Crippen LogP contribution in [-0.4, -0.2) is 136 Å². The molecule has 1 aromatic heterocycles. The number of hydrogen-bond acceptors (Lipinski definition) is 18. The Bertz CT molecular complexity index is 2610. The normalized spacial score (nSPS) is 22.5. The smallest absolute Gasteiger partial charge is 0.418 e. The van der Waals surface area contributed by atoms with Gasteiger partial charge in [-0.2, -0.15) is 34.6 Å². The molecule has 1 amide bonds. The number of aromatic nitrogens is 2. The van der Waals surface area contributed by atoms with E-state index in [-0.39, 0.29) is 24.2 Å². The third-order valence-electron chi connectivity index (χ3n) is 10.1. The summed E-state index contributed by atoms with van der Waals surface area (Å²) in [5, 5.41) is 13.6. The summed E-state index contributed by atoms with van der Waals surface area (Å²) in [5.74, 6) is -6.21. The number of benzene rings is 2. The third-order valence-corrected chi connectivity index (χ3v) is 11.4. The Hall–Kier alpha value is -4.61. The lowest BCUT2D eigenvalue weighted by atomic mass is 9.90. The first-order valence-electron chi connectivity index (χ1n) is 20.3. The summed E-state index contributed by atoms with van der Waals surface area (Å²) in [7, 11) is -8.72. The maximum Gasteiger partial charge on any atom is 0.452 e. The lowest BCUT2D eigenvalue weighted by molar-refractivity contribution is -0.320. The Morgan fingerprint density at radius 2 is 1.56 bits per heavy atom. The van der Waals surface area contributed by atoms with E-state index in [2.05, 4.69) is 10.1 Å². The molecule has 2 aromatic carbocycles. The predicted molar refractivity (Wildman–Crippen MR) is 229 cm³/mol. The summed E-state index contributed by atoms with van der Waals surface area (Å²) in [5.41, 5.74) is -5.39. The number of aryl methyl sites for hydroxylation is 1. The highest BCUT2D eigenvalue weighted by molar-refractivity contribution is 7.86. The molecule has 0 spiro atoms. The van der Waals surface area contributed by atoms with Gasteiger partial charge in [0.1, 0.15) is 37.3 Å². The fourth-order valence-electron chi connectivity index (χ4n) is 6.94. The maximum absolute atomic E-state index is 13.8. The zero-order valence-corrected chi connectivity index (χ0v) is 39.6. The number of rotatable bonds is 18. The van der Waals surface area contributed by atoms with Crippen molar-refractivity contribution in [2.75, 3.05) is 38.9 Å². The first kappa shape index (κ1) is 54.3. The number of amides is 1. The van der Waals surface area contributed by atoms with E-state index in [4.69, 9.17) is 43.7 Å². The number of halogens is 4. The lowest BCUT2D eigenvalue weighted by Gasteiger charge is -2.34. The van der Waals surface area contributed by atoms with E-state index < -0.39 is 136 Å². The van der Waals surface area contributed by atoms with Crippen LogP contribution in [0.1, 0.15) is 54.9 Å². The monoisotopic (exact) mass is 1030 g/mol. The minimum Gasteiger partial charge on any atom is -0.418 e. The number of hydrogen-bond donors (Lipinski definition) is 2. The molecule has 0 bridgehead atoms. The second-order valence-corrected chi connectivity index (χ2v) is 20.5. The van der Waals surface area contributed by atoms with Crippen molar-refractivity contribution in [2.45, 2.75) is 95.2 Å². The lowest BCUT2D eigenvalue weighted by Crippen LogP contribution is -2.53. The second-order valence-electron chi connectivity index (χ2n) is 16.8. The number of carbonyl (C=O) groups is 3. The van der Waals surface area contributed by atoms with E-state index in [1.807, 2.05) is 0 Å². The van der Waals surface area contributed by atoms with Gasteiger partial charge < -0.3 is 38.8 Å². The minimum atomic E-state index is -5.28. The Kier molecular flexibility index (Phi) is 17.2. The fourth-order valence-corrected chi connectivity index (χ4v) is 7.89. The van der Waals surface area contributed by atoms with Crippen molar-refractivity contribution in [3.8, 4) is 0 Å². The van der Waals surface area contributed by atoms with Crippen LogP contribution in [0.3, 0.4) is 0 Å². The predicted octanol–water partition coefficient (Wildman–Crippen LogP) is 1.94. The quantitative estimate of drug-likeness (QED) is 0.0798. The molecule has 21 nitrogen and oxygen atoms in total. The molecular weight excluding hydrogens is 979 g/mol. The van der Waals surface area contributed by atoms with E-state index in [1.165, 1.54) is 76.2 Å².